The van der Waals surface area contributed by atoms with Crippen molar-refractivity contribution in [2.24, 2.45) is 30.7 Å². The molecule has 0 bridgehead atoms. The number of thiazole rings is 2. The number of nitrogens with zero attached hydrogens (tertiary/aromatic N) is 8. The highest BCUT2D eigenvalue weighted by molar-refractivity contribution is 7.08. The molecule has 18 heteroatoms. The molecule has 0 atom stereocenters. The number of pyridine rings is 2. The number of aryl methyl sites for hydroxylation is 2. The number of benzene rings is 2. The maximum absolute atomic E-state index is 13.0. The van der Waals surface area contributed by atoms with E-state index in [4.69, 9.17) is 15.2 Å². The Hall–Kier alpha value is -6.39. The van der Waals surface area contributed by atoms with Crippen molar-refractivity contribution in [2.75, 3.05) is 26.4 Å². The monoisotopic (exact) mass is 986 g/mol. The fraction of sp³-hybridized carbons (Fsp3) is 0.333. The van der Waals surface area contributed by atoms with Crippen molar-refractivity contribution < 1.29 is 24.2 Å². The standard InChI is InChI=1S/C24H23N5O2S.C18H14N4O2S.C6H11NO.C2H2.CH4.ClH/c1-29-22-17(6-15-2-4-16(5-3-15)21-11-32-14-25-21)7-19(28-20(22)10-26-29)23(30)27-18-8-24(9-18)12-31-13-24;1-22-17-13(7-14(18(23)24)21-15(17)8-20-22)6-11-2-4-12(5-3-11)16-9-25-10-19-16;7-5-1-6(2-5)3-8-4-6;1-2;;/h2-5,7,10-11,14,18H,6,8-9,12-13H2,1H3,(H,27,30);2-5,7-10H,6H2,1H3,(H,23,24);5H,1-4,7H2;1-2H;1H4;1H. The van der Waals surface area contributed by atoms with Gasteiger partial charge < -0.3 is 25.6 Å². The number of nitrogens with two attached hydrogens (primary N) is 1. The lowest BCUT2D eigenvalue weighted by atomic mass is 9.64. The molecule has 8 aromatic rings. The largest absolute Gasteiger partial charge is 0.477 e. The van der Waals surface area contributed by atoms with Crippen LogP contribution in [0.2, 0.25) is 0 Å². The molecule has 2 saturated heterocycles. The molecule has 69 heavy (non-hydrogen) atoms. The third-order valence-electron chi connectivity index (χ3n) is 12.9. The number of carbonyl (C=O) groups excluding carboxylic acids is 1. The number of ether oxygens (including phenoxy) is 2. The van der Waals surface area contributed by atoms with E-state index in [0.29, 0.717) is 40.9 Å². The van der Waals surface area contributed by atoms with Crippen LogP contribution in [0.25, 0.3) is 44.6 Å². The molecule has 4 N–H and O–H groups in total. The Bertz CT molecular complexity index is 3020. The summed E-state index contributed by atoms with van der Waals surface area (Å²) >= 11 is 3.16. The normalized spacial score (nSPS) is 16.8. The number of aromatic nitrogens is 8. The van der Waals surface area contributed by atoms with Gasteiger partial charge in [-0.25, -0.2) is 24.7 Å². The van der Waals surface area contributed by atoms with Crippen molar-refractivity contribution in [2.45, 2.75) is 58.0 Å². The minimum absolute atomic E-state index is 0. The first kappa shape index (κ1) is 50.5. The van der Waals surface area contributed by atoms with Gasteiger partial charge in [-0.2, -0.15) is 10.2 Å². The van der Waals surface area contributed by atoms with E-state index in [1.54, 1.807) is 45.8 Å². The SMILES string of the molecule is C.C#C.Cl.Cn1ncc2nc(C(=O)NC3CC4(COC4)C3)cc(Cc3ccc(-c4cscn4)cc3)c21.Cn1ncc2nc(C(=O)O)cc(Cc3ccc(-c4cscn4)cc3)c21.NC1CC2(COC2)C1. The summed E-state index contributed by atoms with van der Waals surface area (Å²) in [5, 5.41) is 25.1. The van der Waals surface area contributed by atoms with E-state index in [0.717, 1.165) is 101 Å². The van der Waals surface area contributed by atoms with Crippen LogP contribution in [-0.4, -0.2) is 95.0 Å². The van der Waals surface area contributed by atoms with Gasteiger partial charge in [-0.15, -0.1) is 47.9 Å². The minimum atomic E-state index is -1.04. The number of hydrogen-bond donors (Lipinski definition) is 3. The van der Waals surface area contributed by atoms with Crippen molar-refractivity contribution in [3.63, 3.8) is 0 Å². The van der Waals surface area contributed by atoms with E-state index in [2.05, 4.69) is 72.6 Å². The zero-order valence-corrected chi connectivity index (χ0v) is 40.0. The first-order valence-electron chi connectivity index (χ1n) is 21.9. The molecule has 2 spiro atoms. The number of carboxylic acids is 1. The third kappa shape index (κ3) is 10.9. The van der Waals surface area contributed by atoms with Crippen LogP contribution in [-0.2, 0) is 36.4 Å². The van der Waals surface area contributed by atoms with E-state index in [1.807, 2.05) is 70.9 Å². The van der Waals surface area contributed by atoms with Crippen LogP contribution in [0.15, 0.2) is 94.8 Å². The maximum Gasteiger partial charge on any atom is 0.354 e. The van der Waals surface area contributed by atoms with Crippen molar-refractivity contribution in [1.82, 2.24) is 44.8 Å². The van der Waals surface area contributed by atoms with E-state index < -0.39 is 5.97 Å². The Morgan fingerprint density at radius 2 is 1.17 bits per heavy atom. The number of nitrogens with one attached hydrogen (secondary N) is 1. The van der Waals surface area contributed by atoms with Gasteiger partial charge >= 0.3 is 5.97 Å². The third-order valence-corrected chi connectivity index (χ3v) is 14.0. The fourth-order valence-electron chi connectivity index (χ4n) is 9.44. The number of carboxylic acid groups (broad SMARTS) is 1. The average Bonchev–Trinajstić information content (AvgIpc) is 4.14. The molecule has 15 nitrogen and oxygen atoms in total. The first-order chi connectivity index (χ1) is 32.5. The molecule has 6 aromatic heterocycles. The van der Waals surface area contributed by atoms with Crippen LogP contribution < -0.4 is 11.1 Å². The van der Waals surface area contributed by atoms with Crippen LogP contribution >= 0.6 is 35.1 Å². The zero-order chi connectivity index (χ0) is 46.7. The summed E-state index contributed by atoms with van der Waals surface area (Å²) < 4.78 is 14.0. The van der Waals surface area contributed by atoms with Crippen molar-refractivity contribution in [1.29, 1.82) is 0 Å². The summed E-state index contributed by atoms with van der Waals surface area (Å²) in [7, 11) is 3.74. The second kappa shape index (κ2) is 21.5. The average molecular weight is 988 g/mol. The quantitative estimate of drug-likeness (QED) is 0.117. The second-order valence-corrected chi connectivity index (χ2v) is 19.3. The highest BCUT2D eigenvalue weighted by Gasteiger charge is 2.50. The molecule has 1 amide bonds. The molecule has 4 aliphatic rings. The smallest absolute Gasteiger partial charge is 0.354 e. The lowest BCUT2D eigenvalue weighted by Crippen LogP contribution is -2.59. The van der Waals surface area contributed by atoms with Gasteiger partial charge in [0, 0.05) is 58.9 Å². The number of fused-ring (bicyclic) bond motifs is 2. The van der Waals surface area contributed by atoms with E-state index in [-0.39, 0.29) is 37.5 Å². The van der Waals surface area contributed by atoms with Crippen LogP contribution in [0.4, 0.5) is 0 Å². The Kier molecular flexibility index (Phi) is 15.7. The molecule has 0 radical (unpaired) electrons. The van der Waals surface area contributed by atoms with E-state index >= 15 is 0 Å². The highest BCUT2D eigenvalue weighted by atomic mass is 35.5. The van der Waals surface area contributed by atoms with E-state index in [1.165, 1.54) is 12.8 Å². The Morgan fingerprint density at radius 1 is 0.739 bits per heavy atom. The van der Waals surface area contributed by atoms with Crippen molar-refractivity contribution in [3.05, 3.63) is 128 Å². The van der Waals surface area contributed by atoms with Crippen LogP contribution in [0, 0.1) is 23.7 Å². The number of rotatable bonds is 9. The van der Waals surface area contributed by atoms with Gasteiger partial charge in [0.15, 0.2) is 0 Å². The summed E-state index contributed by atoms with van der Waals surface area (Å²) in [4.78, 5) is 41.7. The summed E-state index contributed by atoms with van der Waals surface area (Å²) in [5.41, 5.74) is 22.1. The molecule has 0 unspecified atom stereocenters. The number of carbonyl (C=O) groups is 2. The molecule has 2 aromatic carbocycles. The van der Waals surface area contributed by atoms with Gasteiger partial charge in [-0.1, -0.05) is 56.0 Å². The summed E-state index contributed by atoms with van der Waals surface area (Å²) in [6.07, 6.45) is 17.0. The lowest BCUT2D eigenvalue weighted by Gasteiger charge is -2.53. The molecule has 2 aliphatic heterocycles. The molecule has 2 aliphatic carbocycles. The number of terminal acetylenes is 1. The Balaban J connectivity index is 0.000000169. The van der Waals surface area contributed by atoms with Gasteiger partial charge in [0.25, 0.3) is 5.91 Å². The molecule has 12 rings (SSSR count). The highest BCUT2D eigenvalue weighted by Crippen LogP contribution is 2.47. The van der Waals surface area contributed by atoms with Crippen molar-refractivity contribution in [3.8, 4) is 35.4 Å². The van der Waals surface area contributed by atoms with Crippen LogP contribution in [0.3, 0.4) is 0 Å². The molecule has 358 valence electrons. The zero-order valence-electron chi connectivity index (χ0n) is 37.6. The molecular weight excluding hydrogens is 932 g/mol. The Morgan fingerprint density at radius 3 is 1.55 bits per heavy atom. The van der Waals surface area contributed by atoms with Crippen LogP contribution in [0.5, 0.6) is 0 Å². The number of halogens is 1. The maximum atomic E-state index is 13.0. The fourth-order valence-corrected chi connectivity index (χ4v) is 10.6. The predicted molar refractivity (Wildman–Crippen MR) is 273 cm³/mol. The summed E-state index contributed by atoms with van der Waals surface area (Å²) in [5.74, 6) is -1.15. The predicted octanol–water partition coefficient (Wildman–Crippen LogP) is 8.40. The summed E-state index contributed by atoms with van der Waals surface area (Å²) in [6, 6.07) is 20.8. The second-order valence-electron chi connectivity index (χ2n) is 17.9. The van der Waals surface area contributed by atoms with Gasteiger partial charge in [-0.3, -0.25) is 14.2 Å². The summed E-state index contributed by atoms with van der Waals surface area (Å²) in [6.45, 7) is 3.59. The molecular formula is C51H55ClN10O5S2. The van der Waals surface area contributed by atoms with Crippen molar-refractivity contribution >= 4 is 69.0 Å². The van der Waals surface area contributed by atoms with Gasteiger partial charge in [0.05, 0.1) is 72.3 Å². The Labute approximate surface area is 415 Å². The topological polar surface area (TPSA) is 198 Å². The number of amides is 1. The van der Waals surface area contributed by atoms with E-state index in [9.17, 15) is 14.7 Å². The number of hydrogen-bond acceptors (Lipinski definition) is 13. The minimum Gasteiger partial charge on any atom is -0.477 e. The molecule has 8 heterocycles. The lowest BCUT2D eigenvalue weighted by molar-refractivity contribution is -0.165. The molecule has 4 fully saturated rings. The van der Waals surface area contributed by atoms with Gasteiger partial charge in [-0.05, 0) is 72.9 Å². The van der Waals surface area contributed by atoms with Crippen LogP contribution in [0.1, 0.15) is 76.3 Å². The number of aromatic carboxylic acids is 1. The molecule has 2 saturated carbocycles. The van der Waals surface area contributed by atoms with Gasteiger partial charge in [0.2, 0.25) is 0 Å². The van der Waals surface area contributed by atoms with Gasteiger partial charge in [0.1, 0.15) is 22.4 Å². The first-order valence-corrected chi connectivity index (χ1v) is 23.8.